The third-order valence-corrected chi connectivity index (χ3v) is 2.71. The number of rotatable bonds is 4. The second kappa shape index (κ2) is 9.32. The normalized spacial score (nSPS) is 15.9. The molecule has 0 aliphatic carbocycles. The van der Waals surface area contributed by atoms with E-state index in [1.54, 1.807) is 4.90 Å². The SMILES string of the molecule is CCCN=C(NCC)NC1CN(C(=O)OC(C)(C)C)C1.I. The standard InChI is InChI=1S/C14H28N4O2.HI/c1-6-8-16-12(15-7-2)17-11-9-18(10-11)13(19)20-14(3,4)5;/h11H,6-10H2,1-5H3,(H2,15,16,17);1H. The number of likely N-dealkylation sites (tertiary alicyclic amines) is 1. The van der Waals surface area contributed by atoms with Crippen LogP contribution in [-0.2, 0) is 4.74 Å². The molecule has 0 bridgehead atoms. The van der Waals surface area contributed by atoms with Crippen molar-refractivity contribution in [1.82, 2.24) is 15.5 Å². The predicted molar refractivity (Wildman–Crippen MR) is 96.4 cm³/mol. The molecule has 0 saturated carbocycles. The first kappa shape index (κ1) is 20.3. The molecule has 1 rings (SSSR count). The van der Waals surface area contributed by atoms with E-state index in [4.69, 9.17) is 4.74 Å². The van der Waals surface area contributed by atoms with E-state index in [-0.39, 0.29) is 36.1 Å². The second-order valence-electron chi connectivity index (χ2n) is 5.99. The average Bonchev–Trinajstić information content (AvgIpc) is 2.27. The van der Waals surface area contributed by atoms with Gasteiger partial charge in [-0.3, -0.25) is 4.99 Å². The predicted octanol–water partition coefficient (Wildman–Crippen LogP) is 2.19. The van der Waals surface area contributed by atoms with Gasteiger partial charge in [0.25, 0.3) is 0 Å². The van der Waals surface area contributed by atoms with E-state index >= 15 is 0 Å². The highest BCUT2D eigenvalue weighted by atomic mass is 127. The molecule has 21 heavy (non-hydrogen) atoms. The van der Waals surface area contributed by atoms with E-state index in [0.717, 1.165) is 25.5 Å². The summed E-state index contributed by atoms with van der Waals surface area (Å²) in [6.45, 7) is 12.7. The smallest absolute Gasteiger partial charge is 0.410 e. The summed E-state index contributed by atoms with van der Waals surface area (Å²) in [6.07, 6.45) is 0.775. The molecule has 0 aromatic carbocycles. The van der Waals surface area contributed by atoms with Gasteiger partial charge in [0.05, 0.1) is 6.04 Å². The molecular formula is C14H29IN4O2. The zero-order valence-corrected chi connectivity index (χ0v) is 16.1. The van der Waals surface area contributed by atoms with E-state index in [2.05, 4.69) is 22.5 Å². The number of nitrogens with zero attached hydrogens (tertiary/aromatic N) is 2. The minimum atomic E-state index is -0.437. The molecule has 0 atom stereocenters. The number of carbonyl (C=O) groups excluding carboxylic acids is 1. The van der Waals surface area contributed by atoms with Gasteiger partial charge in [-0.25, -0.2) is 4.79 Å². The quantitative estimate of drug-likeness (QED) is 0.422. The fraction of sp³-hybridized carbons (Fsp3) is 0.857. The molecule has 0 aromatic heterocycles. The Labute approximate surface area is 145 Å². The summed E-state index contributed by atoms with van der Waals surface area (Å²) >= 11 is 0. The van der Waals surface area contributed by atoms with Crippen molar-refractivity contribution in [3.05, 3.63) is 0 Å². The molecule has 1 amide bonds. The average molecular weight is 412 g/mol. The molecule has 2 N–H and O–H groups in total. The van der Waals surface area contributed by atoms with E-state index in [1.807, 2.05) is 27.7 Å². The summed E-state index contributed by atoms with van der Waals surface area (Å²) in [5.74, 6) is 0.822. The number of carbonyl (C=O) groups is 1. The highest BCUT2D eigenvalue weighted by Crippen LogP contribution is 2.15. The summed E-state index contributed by atoms with van der Waals surface area (Å²) in [5.41, 5.74) is -0.437. The van der Waals surface area contributed by atoms with Gasteiger partial charge in [-0.2, -0.15) is 0 Å². The Hall–Kier alpha value is -0.730. The number of nitrogens with one attached hydrogen (secondary N) is 2. The van der Waals surface area contributed by atoms with Crippen LogP contribution in [0.5, 0.6) is 0 Å². The fourth-order valence-corrected chi connectivity index (χ4v) is 1.78. The van der Waals surface area contributed by atoms with Crippen molar-refractivity contribution in [3.8, 4) is 0 Å². The number of hydrogen-bond donors (Lipinski definition) is 2. The van der Waals surface area contributed by atoms with Gasteiger partial charge in [-0.1, -0.05) is 6.92 Å². The maximum absolute atomic E-state index is 11.8. The number of ether oxygens (including phenoxy) is 1. The van der Waals surface area contributed by atoms with E-state index < -0.39 is 5.60 Å². The Morgan fingerprint density at radius 3 is 2.43 bits per heavy atom. The topological polar surface area (TPSA) is 66.0 Å². The Kier molecular flexibility index (Phi) is 9.00. The minimum absolute atomic E-state index is 0. The van der Waals surface area contributed by atoms with Crippen LogP contribution in [0.4, 0.5) is 4.79 Å². The third kappa shape index (κ3) is 7.73. The van der Waals surface area contributed by atoms with E-state index in [1.165, 1.54) is 0 Å². The largest absolute Gasteiger partial charge is 0.444 e. The van der Waals surface area contributed by atoms with Gasteiger partial charge in [-0.15, -0.1) is 24.0 Å². The van der Waals surface area contributed by atoms with Gasteiger partial charge in [0.15, 0.2) is 5.96 Å². The lowest BCUT2D eigenvalue weighted by atomic mass is 10.1. The lowest BCUT2D eigenvalue weighted by Gasteiger charge is -2.40. The van der Waals surface area contributed by atoms with Crippen LogP contribution in [0, 0.1) is 0 Å². The van der Waals surface area contributed by atoms with Gasteiger partial charge in [0.2, 0.25) is 0 Å². The lowest BCUT2D eigenvalue weighted by Crippen LogP contribution is -2.63. The summed E-state index contributed by atoms with van der Waals surface area (Å²) < 4.78 is 5.32. The highest BCUT2D eigenvalue weighted by Gasteiger charge is 2.34. The highest BCUT2D eigenvalue weighted by molar-refractivity contribution is 14.0. The van der Waals surface area contributed by atoms with Crippen molar-refractivity contribution in [2.24, 2.45) is 4.99 Å². The van der Waals surface area contributed by atoms with Crippen molar-refractivity contribution in [1.29, 1.82) is 0 Å². The molecule has 6 nitrogen and oxygen atoms in total. The molecule has 124 valence electrons. The van der Waals surface area contributed by atoms with Crippen LogP contribution in [-0.4, -0.2) is 54.8 Å². The maximum atomic E-state index is 11.8. The molecule has 1 fully saturated rings. The minimum Gasteiger partial charge on any atom is -0.444 e. The number of guanidine groups is 1. The van der Waals surface area contributed by atoms with Crippen molar-refractivity contribution in [2.75, 3.05) is 26.2 Å². The molecule has 1 aliphatic rings. The number of aliphatic imine (C=N–C) groups is 1. The Bertz CT molecular complexity index is 349. The van der Waals surface area contributed by atoms with Gasteiger partial charge >= 0.3 is 6.09 Å². The van der Waals surface area contributed by atoms with Crippen molar-refractivity contribution in [2.45, 2.75) is 52.7 Å². The van der Waals surface area contributed by atoms with Crippen LogP contribution in [0.15, 0.2) is 4.99 Å². The fourth-order valence-electron chi connectivity index (χ4n) is 1.78. The maximum Gasteiger partial charge on any atom is 0.410 e. The van der Waals surface area contributed by atoms with Crippen LogP contribution in [0.3, 0.4) is 0 Å². The zero-order valence-electron chi connectivity index (χ0n) is 13.7. The first-order valence-corrected chi connectivity index (χ1v) is 7.38. The molecule has 0 unspecified atom stereocenters. The van der Waals surface area contributed by atoms with Gasteiger partial charge < -0.3 is 20.3 Å². The van der Waals surface area contributed by atoms with Gasteiger partial charge in [0.1, 0.15) is 5.60 Å². The summed E-state index contributed by atoms with van der Waals surface area (Å²) in [4.78, 5) is 17.9. The van der Waals surface area contributed by atoms with Crippen molar-refractivity contribution in [3.63, 3.8) is 0 Å². The summed E-state index contributed by atoms with van der Waals surface area (Å²) in [7, 11) is 0. The van der Waals surface area contributed by atoms with Crippen LogP contribution >= 0.6 is 24.0 Å². The van der Waals surface area contributed by atoms with Crippen LogP contribution in [0.1, 0.15) is 41.0 Å². The molecule has 0 spiro atoms. The van der Waals surface area contributed by atoms with Crippen LogP contribution < -0.4 is 10.6 Å². The molecular weight excluding hydrogens is 383 g/mol. The van der Waals surface area contributed by atoms with E-state index in [9.17, 15) is 4.79 Å². The van der Waals surface area contributed by atoms with Crippen LogP contribution in [0.2, 0.25) is 0 Å². The molecule has 1 heterocycles. The molecule has 0 radical (unpaired) electrons. The summed E-state index contributed by atoms with van der Waals surface area (Å²) in [6, 6.07) is 0.247. The Balaban J connectivity index is 0.00000400. The van der Waals surface area contributed by atoms with Gasteiger partial charge in [-0.05, 0) is 34.1 Å². The number of halogens is 1. The van der Waals surface area contributed by atoms with Gasteiger partial charge in [0, 0.05) is 26.2 Å². The molecule has 1 aliphatic heterocycles. The van der Waals surface area contributed by atoms with Crippen molar-refractivity contribution >= 4 is 36.0 Å². The first-order valence-electron chi connectivity index (χ1n) is 7.38. The monoisotopic (exact) mass is 412 g/mol. The third-order valence-electron chi connectivity index (χ3n) is 2.71. The Morgan fingerprint density at radius 1 is 1.33 bits per heavy atom. The zero-order chi connectivity index (χ0) is 15.2. The van der Waals surface area contributed by atoms with Crippen LogP contribution in [0.25, 0.3) is 0 Å². The molecule has 0 aromatic rings. The Morgan fingerprint density at radius 2 is 1.95 bits per heavy atom. The van der Waals surface area contributed by atoms with Crippen molar-refractivity contribution < 1.29 is 9.53 Å². The first-order chi connectivity index (χ1) is 9.35. The number of hydrogen-bond acceptors (Lipinski definition) is 3. The summed E-state index contributed by atoms with van der Waals surface area (Å²) in [5, 5.41) is 6.53. The molecule has 1 saturated heterocycles. The lowest BCUT2D eigenvalue weighted by molar-refractivity contribution is 0.00701. The second-order valence-corrected chi connectivity index (χ2v) is 5.99. The number of amides is 1. The van der Waals surface area contributed by atoms with E-state index in [0.29, 0.717) is 13.1 Å². The molecule has 7 heteroatoms.